The van der Waals surface area contributed by atoms with Gasteiger partial charge in [-0.05, 0) is 66.3 Å². The lowest BCUT2D eigenvalue weighted by Crippen LogP contribution is -2.55. The van der Waals surface area contributed by atoms with Gasteiger partial charge in [0.2, 0.25) is 0 Å². The van der Waals surface area contributed by atoms with E-state index in [1.54, 1.807) is 0 Å². The Morgan fingerprint density at radius 2 is 1.88 bits per heavy atom. The van der Waals surface area contributed by atoms with Crippen LogP contribution in [0.15, 0.2) is 0 Å². The van der Waals surface area contributed by atoms with Gasteiger partial charge in [-0.3, -0.25) is 4.90 Å². The fraction of sp³-hybridized carbons (Fsp3) is 1.00. The molecular weight excluding hydrogens is 198 g/mol. The van der Waals surface area contributed by atoms with Crippen molar-refractivity contribution in [2.45, 2.75) is 50.7 Å². The first kappa shape index (κ1) is 12.3. The van der Waals surface area contributed by atoms with Crippen molar-refractivity contribution >= 4 is 0 Å². The summed E-state index contributed by atoms with van der Waals surface area (Å²) in [4.78, 5) is 5.11. The van der Waals surface area contributed by atoms with E-state index in [-0.39, 0.29) is 0 Å². The zero-order chi connectivity index (χ0) is 11.5. The van der Waals surface area contributed by atoms with Gasteiger partial charge in [0.05, 0.1) is 0 Å². The van der Waals surface area contributed by atoms with Crippen molar-refractivity contribution in [3.63, 3.8) is 0 Å². The third kappa shape index (κ3) is 2.76. The van der Waals surface area contributed by atoms with Gasteiger partial charge in [-0.1, -0.05) is 0 Å². The molecule has 16 heavy (non-hydrogen) atoms. The first-order valence-corrected chi connectivity index (χ1v) is 6.82. The minimum absolute atomic E-state index is 0.665. The van der Waals surface area contributed by atoms with E-state index < -0.39 is 0 Å². The van der Waals surface area contributed by atoms with Crippen molar-refractivity contribution in [2.75, 3.05) is 33.7 Å². The van der Waals surface area contributed by atoms with Gasteiger partial charge in [0.1, 0.15) is 0 Å². The molecule has 1 N–H and O–H groups in total. The van der Waals surface area contributed by atoms with E-state index in [1.165, 1.54) is 45.3 Å². The first-order chi connectivity index (χ1) is 7.68. The van der Waals surface area contributed by atoms with E-state index in [1.807, 2.05) is 0 Å². The van der Waals surface area contributed by atoms with E-state index in [0.29, 0.717) is 6.04 Å². The highest BCUT2D eigenvalue weighted by atomic mass is 15.2. The Hall–Kier alpha value is -0.120. The molecule has 0 radical (unpaired) electrons. The number of nitrogens with one attached hydrogen (secondary N) is 1. The molecule has 2 unspecified atom stereocenters. The van der Waals surface area contributed by atoms with Crippen LogP contribution in [0.25, 0.3) is 0 Å². The van der Waals surface area contributed by atoms with Crippen LogP contribution in [0.1, 0.15) is 32.6 Å². The number of likely N-dealkylation sites (tertiary alicyclic amines) is 1. The van der Waals surface area contributed by atoms with E-state index in [0.717, 1.165) is 12.1 Å². The SMILES string of the molecule is CC1NCCCC1N(C)C1CCN(C)CC1. The van der Waals surface area contributed by atoms with Crippen LogP contribution in [0.4, 0.5) is 0 Å². The average molecular weight is 225 g/mol. The molecule has 2 saturated heterocycles. The molecule has 0 aromatic carbocycles. The van der Waals surface area contributed by atoms with Crippen LogP contribution in [-0.4, -0.2) is 61.7 Å². The second kappa shape index (κ2) is 5.48. The normalized spacial score (nSPS) is 34.5. The minimum atomic E-state index is 0.665. The number of nitrogens with zero attached hydrogens (tertiary/aromatic N) is 2. The second-order valence-electron chi connectivity index (χ2n) is 5.65. The van der Waals surface area contributed by atoms with Gasteiger partial charge in [0.25, 0.3) is 0 Å². The molecule has 0 spiro atoms. The van der Waals surface area contributed by atoms with Gasteiger partial charge in [-0.15, -0.1) is 0 Å². The monoisotopic (exact) mass is 225 g/mol. The number of hydrogen-bond acceptors (Lipinski definition) is 3. The predicted molar refractivity (Wildman–Crippen MR) is 68.8 cm³/mol. The van der Waals surface area contributed by atoms with E-state index >= 15 is 0 Å². The molecule has 3 nitrogen and oxygen atoms in total. The van der Waals surface area contributed by atoms with Crippen molar-refractivity contribution in [3.05, 3.63) is 0 Å². The minimum Gasteiger partial charge on any atom is -0.313 e. The maximum Gasteiger partial charge on any atom is 0.0247 e. The van der Waals surface area contributed by atoms with Gasteiger partial charge >= 0.3 is 0 Å². The predicted octanol–water partition coefficient (Wildman–Crippen LogP) is 1.15. The molecule has 0 aromatic rings. The molecule has 0 amide bonds. The number of piperidine rings is 2. The molecule has 3 heteroatoms. The molecule has 2 rings (SSSR count). The quantitative estimate of drug-likeness (QED) is 0.760. The zero-order valence-corrected chi connectivity index (χ0v) is 11.1. The van der Waals surface area contributed by atoms with Gasteiger partial charge in [-0.25, -0.2) is 0 Å². The van der Waals surface area contributed by atoms with Crippen molar-refractivity contribution in [2.24, 2.45) is 0 Å². The maximum absolute atomic E-state index is 3.61. The fourth-order valence-electron chi connectivity index (χ4n) is 3.26. The third-order valence-corrected chi connectivity index (χ3v) is 4.51. The van der Waals surface area contributed by atoms with Crippen LogP contribution < -0.4 is 5.32 Å². The molecule has 0 aliphatic carbocycles. The number of likely N-dealkylation sites (N-methyl/N-ethyl adjacent to an activating group) is 1. The zero-order valence-electron chi connectivity index (χ0n) is 11.1. The summed E-state index contributed by atoms with van der Waals surface area (Å²) in [6.45, 7) is 6.08. The van der Waals surface area contributed by atoms with Crippen LogP contribution >= 0.6 is 0 Å². The molecule has 94 valence electrons. The smallest absolute Gasteiger partial charge is 0.0247 e. The van der Waals surface area contributed by atoms with Crippen LogP contribution in [0.5, 0.6) is 0 Å². The molecule has 2 atom stereocenters. The number of rotatable bonds is 2. The second-order valence-corrected chi connectivity index (χ2v) is 5.65. The maximum atomic E-state index is 3.61. The highest BCUT2D eigenvalue weighted by Crippen LogP contribution is 2.22. The Morgan fingerprint density at radius 3 is 2.50 bits per heavy atom. The standard InChI is InChI=1S/C13H27N3/c1-11-13(5-4-8-14-11)16(3)12-6-9-15(2)10-7-12/h11-14H,4-10H2,1-3H3. The Kier molecular flexibility index (Phi) is 4.22. The Balaban J connectivity index is 1.88. The molecule has 0 bridgehead atoms. The lowest BCUT2D eigenvalue weighted by molar-refractivity contribution is 0.0760. The summed E-state index contributed by atoms with van der Waals surface area (Å²) in [5.74, 6) is 0. The molecule has 2 aliphatic heterocycles. The van der Waals surface area contributed by atoms with Gasteiger partial charge in [0.15, 0.2) is 0 Å². The molecule has 2 aliphatic rings. The third-order valence-electron chi connectivity index (χ3n) is 4.51. The van der Waals surface area contributed by atoms with Crippen molar-refractivity contribution in [1.29, 1.82) is 0 Å². The number of hydrogen-bond donors (Lipinski definition) is 1. The van der Waals surface area contributed by atoms with Crippen molar-refractivity contribution in [1.82, 2.24) is 15.1 Å². The van der Waals surface area contributed by atoms with Gasteiger partial charge in [0, 0.05) is 18.1 Å². The largest absolute Gasteiger partial charge is 0.313 e. The van der Waals surface area contributed by atoms with Crippen LogP contribution in [-0.2, 0) is 0 Å². The molecule has 2 fully saturated rings. The van der Waals surface area contributed by atoms with Crippen LogP contribution in [0.2, 0.25) is 0 Å². The fourth-order valence-corrected chi connectivity index (χ4v) is 3.26. The van der Waals surface area contributed by atoms with E-state index in [2.05, 4.69) is 36.1 Å². The summed E-state index contributed by atoms with van der Waals surface area (Å²) < 4.78 is 0. The molecule has 2 heterocycles. The molecule has 0 saturated carbocycles. The summed E-state index contributed by atoms with van der Waals surface area (Å²) >= 11 is 0. The summed E-state index contributed by atoms with van der Waals surface area (Å²) in [5.41, 5.74) is 0. The van der Waals surface area contributed by atoms with Crippen molar-refractivity contribution < 1.29 is 0 Å². The summed E-state index contributed by atoms with van der Waals surface area (Å²) in [7, 11) is 4.57. The average Bonchev–Trinajstić information content (AvgIpc) is 2.30. The Morgan fingerprint density at radius 1 is 1.19 bits per heavy atom. The molecule has 0 aromatic heterocycles. The van der Waals surface area contributed by atoms with E-state index in [9.17, 15) is 0 Å². The highest BCUT2D eigenvalue weighted by Gasteiger charge is 2.30. The summed E-state index contributed by atoms with van der Waals surface area (Å²) in [6.07, 6.45) is 5.40. The lowest BCUT2D eigenvalue weighted by Gasteiger charge is -2.43. The van der Waals surface area contributed by atoms with Gasteiger partial charge < -0.3 is 10.2 Å². The Bertz CT molecular complexity index is 211. The summed E-state index contributed by atoms with van der Waals surface area (Å²) in [5, 5.41) is 3.61. The Labute approximate surface area is 100 Å². The van der Waals surface area contributed by atoms with Crippen molar-refractivity contribution in [3.8, 4) is 0 Å². The molecular formula is C13H27N3. The van der Waals surface area contributed by atoms with Crippen LogP contribution in [0.3, 0.4) is 0 Å². The van der Waals surface area contributed by atoms with Crippen LogP contribution in [0, 0.1) is 0 Å². The van der Waals surface area contributed by atoms with Gasteiger partial charge in [-0.2, -0.15) is 0 Å². The van der Waals surface area contributed by atoms with E-state index in [4.69, 9.17) is 0 Å². The topological polar surface area (TPSA) is 18.5 Å². The lowest BCUT2D eigenvalue weighted by atomic mass is 9.94. The first-order valence-electron chi connectivity index (χ1n) is 6.82. The summed E-state index contributed by atoms with van der Waals surface area (Å²) in [6, 6.07) is 2.23. The highest BCUT2D eigenvalue weighted by molar-refractivity contribution is 4.88.